The van der Waals surface area contributed by atoms with Crippen LogP contribution in [0.2, 0.25) is 5.02 Å². The molecule has 0 atom stereocenters. The molecule has 5 rings (SSSR count). The summed E-state index contributed by atoms with van der Waals surface area (Å²) in [6, 6.07) is 9.64. The van der Waals surface area contributed by atoms with Gasteiger partial charge in [-0.1, -0.05) is 22.4 Å². The van der Waals surface area contributed by atoms with Crippen LogP contribution in [0.3, 0.4) is 0 Å². The predicted octanol–water partition coefficient (Wildman–Crippen LogP) is 3.09. The van der Waals surface area contributed by atoms with E-state index >= 15 is 0 Å². The van der Waals surface area contributed by atoms with Gasteiger partial charge < -0.3 is 14.8 Å². The van der Waals surface area contributed by atoms with E-state index in [2.05, 4.69) is 9.55 Å². The molecule has 2 aromatic heterocycles. The van der Waals surface area contributed by atoms with E-state index in [1.165, 1.54) is 18.2 Å². The monoisotopic (exact) mass is 445 g/mol. The summed E-state index contributed by atoms with van der Waals surface area (Å²) in [5.74, 6) is 0. The highest BCUT2D eigenvalue weighted by molar-refractivity contribution is 7.91. The Morgan fingerprint density at radius 2 is 1.87 bits per heavy atom. The second kappa shape index (κ2) is 6.48. The van der Waals surface area contributed by atoms with Gasteiger partial charge in [0, 0.05) is 17.8 Å². The fraction of sp³-hybridized carbons (Fsp3) is 0.200. The van der Waals surface area contributed by atoms with Gasteiger partial charge in [0.25, 0.3) is 5.56 Å². The van der Waals surface area contributed by atoms with Crippen molar-refractivity contribution >= 4 is 43.2 Å². The Morgan fingerprint density at radius 3 is 2.57 bits per heavy atom. The average Bonchev–Trinajstić information content (AvgIpc) is 3.07. The maximum atomic E-state index is 13.5. The van der Waals surface area contributed by atoms with Gasteiger partial charge >= 0.3 is 5.69 Å². The van der Waals surface area contributed by atoms with Gasteiger partial charge in [0.15, 0.2) is 0 Å². The summed E-state index contributed by atoms with van der Waals surface area (Å²) in [6.45, 7) is 0. The lowest BCUT2D eigenvalue weighted by Crippen LogP contribution is -2.33. The fourth-order valence-corrected chi connectivity index (χ4v) is 5.55. The topological polar surface area (TPSA) is 114 Å². The number of hydrogen-bond acceptors (Lipinski definition) is 5. The quantitative estimate of drug-likeness (QED) is 0.470. The van der Waals surface area contributed by atoms with Gasteiger partial charge in [-0.25, -0.2) is 13.2 Å². The first-order valence-corrected chi connectivity index (χ1v) is 11.2. The number of nitrogens with zero attached hydrogens (tertiary/aromatic N) is 2. The number of aromatic nitrogens is 3. The zero-order valence-corrected chi connectivity index (χ0v) is 17.1. The van der Waals surface area contributed by atoms with E-state index in [0.717, 1.165) is 30.2 Å². The van der Waals surface area contributed by atoms with Gasteiger partial charge in [-0.3, -0.25) is 4.79 Å². The number of halogens is 1. The number of benzene rings is 2. The molecule has 0 saturated heterocycles. The Labute approximate surface area is 174 Å². The molecule has 2 heterocycles. The van der Waals surface area contributed by atoms with Crippen LogP contribution in [0.1, 0.15) is 25.3 Å². The first-order valence-electron chi connectivity index (χ1n) is 9.31. The Bertz CT molecular complexity index is 1560. The number of rotatable bonds is 3. The van der Waals surface area contributed by atoms with Crippen molar-refractivity contribution in [2.75, 3.05) is 0 Å². The van der Waals surface area contributed by atoms with E-state index in [1.807, 2.05) is 12.3 Å². The van der Waals surface area contributed by atoms with E-state index < -0.39 is 21.1 Å². The second-order valence-electron chi connectivity index (χ2n) is 7.37. The number of nitrogens with one attached hydrogen (secondary N) is 1. The van der Waals surface area contributed by atoms with Gasteiger partial charge in [-0.05, 0) is 55.0 Å². The Kier molecular flexibility index (Phi) is 4.09. The zero-order chi connectivity index (χ0) is 21.2. The molecule has 0 spiro atoms. The van der Waals surface area contributed by atoms with Crippen LogP contribution in [0.4, 0.5) is 0 Å². The van der Waals surface area contributed by atoms with Gasteiger partial charge in [0.2, 0.25) is 9.84 Å². The molecule has 0 aliphatic heterocycles. The highest BCUT2D eigenvalue weighted by Gasteiger charge is 2.26. The SMILES string of the molecule is O=c1[nH]c2c(S(=O)(=O)c3ccc4ccn(C5CCC5)c4c3)ccc(Cl)c2c(=O)n1O. The molecule has 8 nitrogen and oxygen atoms in total. The summed E-state index contributed by atoms with van der Waals surface area (Å²) in [5.41, 5.74) is -1.67. The normalized spacial score (nSPS) is 15.0. The molecule has 0 bridgehead atoms. The maximum absolute atomic E-state index is 13.5. The van der Waals surface area contributed by atoms with Crippen molar-refractivity contribution < 1.29 is 13.6 Å². The van der Waals surface area contributed by atoms with E-state index in [0.29, 0.717) is 6.04 Å². The summed E-state index contributed by atoms with van der Waals surface area (Å²) in [6.07, 6.45) is 5.22. The minimum Gasteiger partial charge on any atom is -0.421 e. The van der Waals surface area contributed by atoms with Crippen LogP contribution in [0.15, 0.2) is 62.0 Å². The third kappa shape index (κ3) is 2.62. The van der Waals surface area contributed by atoms with Crippen LogP contribution < -0.4 is 11.2 Å². The molecule has 30 heavy (non-hydrogen) atoms. The number of aromatic amines is 1. The van der Waals surface area contributed by atoms with Crippen molar-refractivity contribution in [2.45, 2.75) is 35.1 Å². The van der Waals surface area contributed by atoms with Crippen molar-refractivity contribution in [2.24, 2.45) is 0 Å². The molecule has 0 radical (unpaired) electrons. The van der Waals surface area contributed by atoms with Crippen LogP contribution in [0, 0.1) is 0 Å². The Morgan fingerprint density at radius 1 is 1.10 bits per heavy atom. The van der Waals surface area contributed by atoms with Crippen LogP contribution in [0.5, 0.6) is 0 Å². The molecule has 4 aromatic rings. The van der Waals surface area contributed by atoms with Crippen molar-refractivity contribution in [3.63, 3.8) is 0 Å². The number of sulfone groups is 1. The molecule has 10 heteroatoms. The van der Waals surface area contributed by atoms with E-state index in [-0.39, 0.29) is 30.4 Å². The molecular weight excluding hydrogens is 430 g/mol. The minimum absolute atomic E-state index is 0.0342. The third-order valence-electron chi connectivity index (χ3n) is 5.71. The minimum atomic E-state index is -4.10. The highest BCUT2D eigenvalue weighted by atomic mass is 35.5. The summed E-state index contributed by atoms with van der Waals surface area (Å²) in [7, 11) is -4.10. The standard InChI is InChI=1S/C20H16ClN3O5S/c21-14-6-7-16(18-17(14)19(25)24(27)20(26)22-18)30(28,29)13-5-4-11-8-9-23(15(11)10-13)12-2-1-3-12/h4-10,12,27H,1-3H2,(H,22,26). The lowest BCUT2D eigenvalue weighted by molar-refractivity contribution is 0.162. The van der Waals surface area contributed by atoms with E-state index in [4.69, 9.17) is 11.6 Å². The zero-order valence-electron chi connectivity index (χ0n) is 15.5. The lowest BCUT2D eigenvalue weighted by Gasteiger charge is -2.28. The van der Waals surface area contributed by atoms with Crippen molar-refractivity contribution in [1.29, 1.82) is 0 Å². The Hall–Kier alpha value is -3.04. The molecular formula is C20H16ClN3O5S. The molecule has 2 aromatic carbocycles. The van der Waals surface area contributed by atoms with Gasteiger partial charge in [-0.2, -0.15) is 0 Å². The van der Waals surface area contributed by atoms with Crippen molar-refractivity contribution in [1.82, 2.24) is 14.3 Å². The summed E-state index contributed by atoms with van der Waals surface area (Å²) in [5, 5.41) is 10.2. The van der Waals surface area contributed by atoms with E-state index in [1.54, 1.807) is 12.1 Å². The van der Waals surface area contributed by atoms with Crippen molar-refractivity contribution in [3.05, 3.63) is 68.5 Å². The molecule has 0 unspecified atom stereocenters. The number of hydrogen-bond donors (Lipinski definition) is 2. The smallest absolute Gasteiger partial charge is 0.362 e. The van der Waals surface area contributed by atoms with Crippen LogP contribution in [0.25, 0.3) is 21.8 Å². The number of H-pyrrole nitrogens is 1. The molecule has 154 valence electrons. The van der Waals surface area contributed by atoms with Crippen molar-refractivity contribution in [3.8, 4) is 0 Å². The molecule has 2 N–H and O–H groups in total. The first-order chi connectivity index (χ1) is 14.3. The van der Waals surface area contributed by atoms with Gasteiger partial charge in [-0.15, -0.1) is 0 Å². The molecule has 1 fully saturated rings. The summed E-state index contributed by atoms with van der Waals surface area (Å²) >= 11 is 6.05. The van der Waals surface area contributed by atoms with Crippen LogP contribution in [-0.4, -0.2) is 27.9 Å². The van der Waals surface area contributed by atoms with E-state index in [9.17, 15) is 23.2 Å². The average molecular weight is 446 g/mol. The number of fused-ring (bicyclic) bond motifs is 2. The van der Waals surface area contributed by atoms with Crippen LogP contribution in [-0.2, 0) is 9.84 Å². The lowest BCUT2D eigenvalue weighted by atomic mass is 9.93. The molecule has 0 amide bonds. The summed E-state index contributed by atoms with van der Waals surface area (Å²) in [4.78, 5) is 26.2. The van der Waals surface area contributed by atoms with Gasteiger partial charge in [0.05, 0.1) is 25.7 Å². The predicted molar refractivity (Wildman–Crippen MR) is 111 cm³/mol. The molecule has 1 aliphatic carbocycles. The largest absolute Gasteiger partial charge is 0.421 e. The molecule has 1 saturated carbocycles. The van der Waals surface area contributed by atoms with Crippen LogP contribution >= 0.6 is 11.6 Å². The third-order valence-corrected chi connectivity index (χ3v) is 7.82. The van der Waals surface area contributed by atoms with Gasteiger partial charge in [0.1, 0.15) is 0 Å². The maximum Gasteiger partial charge on any atom is 0.362 e. The Balaban J connectivity index is 1.77. The fourth-order valence-electron chi connectivity index (χ4n) is 3.88. The molecule has 1 aliphatic rings. The second-order valence-corrected chi connectivity index (χ2v) is 9.70. The summed E-state index contributed by atoms with van der Waals surface area (Å²) < 4.78 is 28.9. The highest BCUT2D eigenvalue weighted by Crippen LogP contribution is 2.36. The first kappa shape index (κ1) is 19.0.